The van der Waals surface area contributed by atoms with Crippen molar-refractivity contribution in [3.05, 3.63) is 64.1 Å². The Labute approximate surface area is 149 Å². The zero-order chi connectivity index (χ0) is 17.4. The van der Waals surface area contributed by atoms with Gasteiger partial charge in [-0.3, -0.25) is 20.4 Å². The smallest absolute Gasteiger partial charge is 0.276 e. The van der Waals surface area contributed by atoms with Crippen LogP contribution in [0.15, 0.2) is 53.0 Å². The Hall–Kier alpha value is -2.34. The third-order valence-electron chi connectivity index (χ3n) is 3.26. The van der Waals surface area contributed by atoms with Crippen molar-refractivity contribution in [1.82, 2.24) is 10.9 Å². The van der Waals surface area contributed by atoms with Crippen molar-refractivity contribution in [2.75, 3.05) is 6.61 Å². The minimum Gasteiger partial charge on any atom is -0.484 e. The van der Waals surface area contributed by atoms with E-state index in [1.54, 1.807) is 12.1 Å². The van der Waals surface area contributed by atoms with E-state index in [4.69, 9.17) is 4.74 Å². The average molecular weight is 391 g/mol. The fraction of sp³-hybridized carbons (Fsp3) is 0.222. The summed E-state index contributed by atoms with van der Waals surface area (Å²) < 4.78 is 6.30. The number of amides is 2. The summed E-state index contributed by atoms with van der Waals surface area (Å²) in [6.07, 6.45) is 0.885. The first kappa shape index (κ1) is 18.0. The Morgan fingerprint density at radius 1 is 1.04 bits per heavy atom. The summed E-state index contributed by atoms with van der Waals surface area (Å²) in [4.78, 5) is 23.4. The van der Waals surface area contributed by atoms with Crippen molar-refractivity contribution < 1.29 is 14.3 Å². The van der Waals surface area contributed by atoms with Crippen molar-refractivity contribution in [2.24, 2.45) is 0 Å². The van der Waals surface area contributed by atoms with E-state index >= 15 is 0 Å². The highest BCUT2D eigenvalue weighted by molar-refractivity contribution is 9.10. The molecule has 0 saturated heterocycles. The first-order chi connectivity index (χ1) is 11.5. The number of carbonyl (C=O) groups excluding carboxylic acids is 2. The van der Waals surface area contributed by atoms with Gasteiger partial charge in [0.2, 0.25) is 5.91 Å². The van der Waals surface area contributed by atoms with Gasteiger partial charge < -0.3 is 4.74 Å². The molecule has 0 spiro atoms. The van der Waals surface area contributed by atoms with Gasteiger partial charge in [-0.1, -0.05) is 45.8 Å². The molecule has 2 amide bonds. The second-order valence-corrected chi connectivity index (χ2v) is 6.24. The quantitative estimate of drug-likeness (QED) is 0.745. The van der Waals surface area contributed by atoms with Gasteiger partial charge in [0.1, 0.15) is 5.75 Å². The van der Waals surface area contributed by atoms with Crippen molar-refractivity contribution >= 4 is 27.7 Å². The lowest BCUT2D eigenvalue weighted by atomic mass is 10.1. The third kappa shape index (κ3) is 6.42. The lowest BCUT2D eigenvalue weighted by Gasteiger charge is -2.09. The molecule has 0 unspecified atom stereocenters. The molecule has 24 heavy (non-hydrogen) atoms. The molecule has 2 aromatic rings. The number of benzene rings is 2. The standard InChI is InChI=1S/C18H19BrN2O3/c1-13-5-8-16(9-6-13)24-12-18(23)21-20-17(22)10-7-14-3-2-4-15(19)11-14/h2-6,8-9,11H,7,10,12H2,1H3,(H,20,22)(H,21,23). The highest BCUT2D eigenvalue weighted by Gasteiger charge is 2.06. The molecule has 0 radical (unpaired) electrons. The van der Waals surface area contributed by atoms with Crippen molar-refractivity contribution in [2.45, 2.75) is 19.8 Å². The Bertz CT molecular complexity index is 702. The predicted molar refractivity (Wildman–Crippen MR) is 95.4 cm³/mol. The summed E-state index contributed by atoms with van der Waals surface area (Å²) >= 11 is 3.39. The summed E-state index contributed by atoms with van der Waals surface area (Å²) in [6, 6.07) is 15.1. The maximum absolute atomic E-state index is 11.7. The molecule has 5 nitrogen and oxygen atoms in total. The first-order valence-corrected chi connectivity index (χ1v) is 8.34. The van der Waals surface area contributed by atoms with Gasteiger partial charge in [0.05, 0.1) is 0 Å². The zero-order valence-electron chi connectivity index (χ0n) is 13.3. The largest absolute Gasteiger partial charge is 0.484 e. The van der Waals surface area contributed by atoms with Gasteiger partial charge in [-0.2, -0.15) is 0 Å². The van der Waals surface area contributed by atoms with Crippen LogP contribution in [0.1, 0.15) is 17.5 Å². The fourth-order valence-electron chi connectivity index (χ4n) is 1.97. The topological polar surface area (TPSA) is 67.4 Å². The van der Waals surface area contributed by atoms with Crippen LogP contribution in [0.4, 0.5) is 0 Å². The molecule has 0 bridgehead atoms. The maximum atomic E-state index is 11.7. The summed E-state index contributed by atoms with van der Waals surface area (Å²) in [7, 11) is 0. The number of halogens is 1. The second kappa shape index (κ2) is 9.08. The number of hydrogen-bond donors (Lipinski definition) is 2. The van der Waals surface area contributed by atoms with E-state index in [2.05, 4.69) is 26.8 Å². The maximum Gasteiger partial charge on any atom is 0.276 e. The van der Waals surface area contributed by atoms with E-state index < -0.39 is 5.91 Å². The normalized spacial score (nSPS) is 10.1. The minimum absolute atomic E-state index is 0.158. The van der Waals surface area contributed by atoms with Crippen LogP contribution in [0.5, 0.6) is 5.75 Å². The minimum atomic E-state index is -0.411. The lowest BCUT2D eigenvalue weighted by molar-refractivity contribution is -0.130. The van der Waals surface area contributed by atoms with Gasteiger partial charge in [-0.25, -0.2) is 0 Å². The van der Waals surface area contributed by atoms with Gasteiger partial charge in [0.15, 0.2) is 6.61 Å². The predicted octanol–water partition coefficient (Wildman–Crippen LogP) is 2.92. The number of carbonyl (C=O) groups is 2. The third-order valence-corrected chi connectivity index (χ3v) is 3.76. The van der Waals surface area contributed by atoms with E-state index in [-0.39, 0.29) is 18.9 Å². The Morgan fingerprint density at radius 3 is 2.46 bits per heavy atom. The van der Waals surface area contributed by atoms with Crippen LogP contribution >= 0.6 is 15.9 Å². The molecule has 126 valence electrons. The highest BCUT2D eigenvalue weighted by atomic mass is 79.9. The second-order valence-electron chi connectivity index (χ2n) is 5.33. The molecule has 0 aliphatic heterocycles. The number of aryl methyl sites for hydroxylation is 2. The van der Waals surface area contributed by atoms with Crippen LogP contribution < -0.4 is 15.6 Å². The molecule has 0 aliphatic rings. The first-order valence-electron chi connectivity index (χ1n) is 7.54. The molecule has 0 heterocycles. The molecule has 0 atom stereocenters. The molecular formula is C18H19BrN2O3. The van der Waals surface area contributed by atoms with Gasteiger partial charge in [-0.15, -0.1) is 0 Å². The molecule has 0 aromatic heterocycles. The van der Waals surface area contributed by atoms with Gasteiger partial charge in [0, 0.05) is 10.9 Å². The lowest BCUT2D eigenvalue weighted by Crippen LogP contribution is -2.43. The number of hydrazine groups is 1. The molecule has 0 aliphatic carbocycles. The summed E-state index contributed by atoms with van der Waals surface area (Å²) in [5, 5.41) is 0. The van der Waals surface area contributed by atoms with E-state index in [1.165, 1.54) is 0 Å². The highest BCUT2D eigenvalue weighted by Crippen LogP contribution is 2.13. The van der Waals surface area contributed by atoms with Crippen LogP contribution in [0, 0.1) is 6.92 Å². The van der Waals surface area contributed by atoms with Crippen LogP contribution in [0.25, 0.3) is 0 Å². The molecular weight excluding hydrogens is 372 g/mol. The van der Waals surface area contributed by atoms with Crippen LogP contribution in [-0.2, 0) is 16.0 Å². The monoisotopic (exact) mass is 390 g/mol. The van der Waals surface area contributed by atoms with Crippen LogP contribution in [0.3, 0.4) is 0 Å². The van der Waals surface area contributed by atoms with Crippen molar-refractivity contribution in [3.8, 4) is 5.75 Å². The number of hydrogen-bond acceptors (Lipinski definition) is 3. The molecule has 2 aromatic carbocycles. The number of rotatable bonds is 6. The molecule has 2 rings (SSSR count). The Morgan fingerprint density at radius 2 is 1.75 bits per heavy atom. The molecule has 0 fully saturated rings. The molecule has 2 N–H and O–H groups in total. The summed E-state index contributed by atoms with van der Waals surface area (Å²) in [5.74, 6) is -0.0539. The van der Waals surface area contributed by atoms with Crippen LogP contribution in [-0.4, -0.2) is 18.4 Å². The van der Waals surface area contributed by atoms with Gasteiger partial charge >= 0.3 is 0 Å². The van der Waals surface area contributed by atoms with Crippen molar-refractivity contribution in [1.29, 1.82) is 0 Å². The van der Waals surface area contributed by atoms with E-state index in [1.807, 2.05) is 43.3 Å². The zero-order valence-corrected chi connectivity index (χ0v) is 14.9. The van der Waals surface area contributed by atoms with Gasteiger partial charge in [0.25, 0.3) is 5.91 Å². The van der Waals surface area contributed by atoms with E-state index in [0.29, 0.717) is 12.2 Å². The summed E-state index contributed by atoms with van der Waals surface area (Å²) in [6.45, 7) is 1.81. The average Bonchev–Trinajstić information content (AvgIpc) is 2.57. The van der Waals surface area contributed by atoms with E-state index in [0.717, 1.165) is 15.6 Å². The molecule has 6 heteroatoms. The Kier molecular flexibility index (Phi) is 6.81. The fourth-order valence-corrected chi connectivity index (χ4v) is 2.42. The molecule has 0 saturated carbocycles. The number of nitrogens with one attached hydrogen (secondary N) is 2. The Balaban J connectivity index is 1.65. The van der Waals surface area contributed by atoms with E-state index in [9.17, 15) is 9.59 Å². The van der Waals surface area contributed by atoms with Crippen LogP contribution in [0.2, 0.25) is 0 Å². The SMILES string of the molecule is Cc1ccc(OCC(=O)NNC(=O)CCc2cccc(Br)c2)cc1. The number of ether oxygens (including phenoxy) is 1. The summed E-state index contributed by atoms with van der Waals surface area (Å²) in [5.41, 5.74) is 6.89. The van der Waals surface area contributed by atoms with Crippen molar-refractivity contribution in [3.63, 3.8) is 0 Å². The van der Waals surface area contributed by atoms with Gasteiger partial charge in [-0.05, 0) is 43.2 Å².